The van der Waals surface area contributed by atoms with Gasteiger partial charge in [-0.05, 0) is 18.2 Å². The molecular formula is C16H16N6. The van der Waals surface area contributed by atoms with Gasteiger partial charge in [-0.1, -0.05) is 12.1 Å². The Hall–Kier alpha value is -2.76. The molecule has 2 aromatic heterocycles. The van der Waals surface area contributed by atoms with Gasteiger partial charge in [-0.25, -0.2) is 15.0 Å². The highest BCUT2D eigenvalue weighted by Gasteiger charge is 2.20. The molecule has 22 heavy (non-hydrogen) atoms. The van der Waals surface area contributed by atoms with Crippen LogP contribution in [-0.2, 0) is 0 Å². The molecule has 1 fully saturated rings. The molecule has 1 aromatic carbocycles. The third-order valence-electron chi connectivity index (χ3n) is 3.87. The second kappa shape index (κ2) is 5.55. The van der Waals surface area contributed by atoms with E-state index in [9.17, 15) is 0 Å². The van der Waals surface area contributed by atoms with Gasteiger partial charge in [0.1, 0.15) is 5.82 Å². The van der Waals surface area contributed by atoms with Crippen molar-refractivity contribution in [2.75, 3.05) is 36.0 Å². The topological polar surface area (TPSA) is 58.0 Å². The molecule has 0 spiro atoms. The Morgan fingerprint density at radius 3 is 2.18 bits per heavy atom. The largest absolute Gasteiger partial charge is 0.352 e. The van der Waals surface area contributed by atoms with Crippen LogP contribution in [0.15, 0.2) is 48.9 Å². The van der Waals surface area contributed by atoms with Crippen LogP contribution < -0.4 is 9.80 Å². The minimum absolute atomic E-state index is 0.798. The number of rotatable bonds is 2. The van der Waals surface area contributed by atoms with Crippen molar-refractivity contribution in [3.63, 3.8) is 0 Å². The van der Waals surface area contributed by atoms with E-state index in [1.165, 1.54) is 0 Å². The molecule has 1 aliphatic heterocycles. The first-order chi connectivity index (χ1) is 10.9. The average Bonchev–Trinajstić information content (AvgIpc) is 2.62. The highest BCUT2D eigenvalue weighted by molar-refractivity contribution is 5.75. The zero-order valence-corrected chi connectivity index (χ0v) is 12.1. The van der Waals surface area contributed by atoms with Crippen LogP contribution in [0.1, 0.15) is 0 Å². The summed E-state index contributed by atoms with van der Waals surface area (Å²) in [5, 5.41) is 0. The predicted molar refractivity (Wildman–Crippen MR) is 86.0 cm³/mol. The number of piperazine rings is 1. The van der Waals surface area contributed by atoms with Crippen molar-refractivity contribution in [1.82, 2.24) is 19.9 Å². The van der Waals surface area contributed by atoms with Gasteiger partial charge in [0.25, 0.3) is 0 Å². The SMILES string of the molecule is c1cnc(N2CCN(c3cnc4ccccc4n3)CC2)nc1. The number of fused-ring (bicyclic) bond motifs is 1. The Morgan fingerprint density at radius 1 is 0.727 bits per heavy atom. The summed E-state index contributed by atoms with van der Waals surface area (Å²) in [6.45, 7) is 3.56. The second-order valence-corrected chi connectivity index (χ2v) is 5.24. The van der Waals surface area contributed by atoms with Gasteiger partial charge < -0.3 is 9.80 Å². The number of anilines is 2. The summed E-state index contributed by atoms with van der Waals surface area (Å²) < 4.78 is 0. The fourth-order valence-corrected chi connectivity index (χ4v) is 2.69. The van der Waals surface area contributed by atoms with E-state index in [1.54, 1.807) is 12.4 Å². The average molecular weight is 292 g/mol. The van der Waals surface area contributed by atoms with Crippen LogP contribution in [0.3, 0.4) is 0 Å². The molecule has 110 valence electrons. The smallest absolute Gasteiger partial charge is 0.225 e. The van der Waals surface area contributed by atoms with Crippen LogP contribution in [0.25, 0.3) is 11.0 Å². The van der Waals surface area contributed by atoms with Gasteiger partial charge in [0.15, 0.2) is 0 Å². The number of para-hydroxylation sites is 2. The van der Waals surface area contributed by atoms with E-state index in [0.717, 1.165) is 49.0 Å². The van der Waals surface area contributed by atoms with Gasteiger partial charge in [-0.15, -0.1) is 0 Å². The first-order valence-electron chi connectivity index (χ1n) is 7.39. The van der Waals surface area contributed by atoms with Crippen LogP contribution in [0.4, 0.5) is 11.8 Å². The maximum atomic E-state index is 4.71. The van der Waals surface area contributed by atoms with Gasteiger partial charge in [0.2, 0.25) is 5.95 Å². The summed E-state index contributed by atoms with van der Waals surface area (Å²) in [5.74, 6) is 1.74. The van der Waals surface area contributed by atoms with Crippen LogP contribution in [0.2, 0.25) is 0 Å². The molecule has 0 atom stereocenters. The zero-order valence-electron chi connectivity index (χ0n) is 12.1. The summed E-state index contributed by atoms with van der Waals surface area (Å²) >= 11 is 0. The Bertz CT molecular complexity index is 768. The molecule has 6 nitrogen and oxygen atoms in total. The molecule has 3 heterocycles. The predicted octanol–water partition coefficient (Wildman–Crippen LogP) is 1.75. The number of hydrogen-bond acceptors (Lipinski definition) is 6. The molecule has 3 aromatic rings. The molecule has 0 radical (unpaired) electrons. The lowest BCUT2D eigenvalue weighted by Gasteiger charge is -2.35. The fraction of sp³-hybridized carbons (Fsp3) is 0.250. The molecule has 1 aliphatic rings. The fourth-order valence-electron chi connectivity index (χ4n) is 2.69. The molecule has 6 heteroatoms. The first kappa shape index (κ1) is 12.9. The monoisotopic (exact) mass is 292 g/mol. The van der Waals surface area contributed by atoms with Crippen molar-refractivity contribution >= 4 is 22.8 Å². The van der Waals surface area contributed by atoms with Crippen molar-refractivity contribution < 1.29 is 0 Å². The van der Waals surface area contributed by atoms with Gasteiger partial charge in [0.05, 0.1) is 17.2 Å². The van der Waals surface area contributed by atoms with Crippen molar-refractivity contribution in [3.8, 4) is 0 Å². The maximum absolute atomic E-state index is 4.71. The Kier molecular flexibility index (Phi) is 3.27. The van der Waals surface area contributed by atoms with E-state index in [-0.39, 0.29) is 0 Å². The zero-order chi connectivity index (χ0) is 14.8. The summed E-state index contributed by atoms with van der Waals surface area (Å²) in [5.41, 5.74) is 1.87. The van der Waals surface area contributed by atoms with Crippen molar-refractivity contribution in [2.45, 2.75) is 0 Å². The lowest BCUT2D eigenvalue weighted by molar-refractivity contribution is 0.634. The van der Waals surface area contributed by atoms with E-state index in [4.69, 9.17) is 4.98 Å². The van der Waals surface area contributed by atoms with Crippen LogP contribution >= 0.6 is 0 Å². The summed E-state index contributed by atoms with van der Waals surface area (Å²) in [6.07, 6.45) is 5.42. The van der Waals surface area contributed by atoms with Crippen LogP contribution in [0.5, 0.6) is 0 Å². The normalized spacial score (nSPS) is 15.3. The first-order valence-corrected chi connectivity index (χ1v) is 7.39. The van der Waals surface area contributed by atoms with E-state index in [1.807, 2.05) is 36.5 Å². The Morgan fingerprint density at radius 2 is 1.41 bits per heavy atom. The second-order valence-electron chi connectivity index (χ2n) is 5.24. The van der Waals surface area contributed by atoms with Gasteiger partial charge in [-0.3, -0.25) is 4.98 Å². The lowest BCUT2D eigenvalue weighted by atomic mass is 10.3. The Labute approximate surface area is 128 Å². The molecule has 0 bridgehead atoms. The molecule has 0 amide bonds. The molecule has 0 saturated carbocycles. The van der Waals surface area contributed by atoms with Gasteiger partial charge in [0, 0.05) is 38.6 Å². The van der Waals surface area contributed by atoms with Gasteiger partial charge in [-0.2, -0.15) is 0 Å². The van der Waals surface area contributed by atoms with E-state index >= 15 is 0 Å². The van der Waals surface area contributed by atoms with E-state index in [2.05, 4.69) is 24.8 Å². The quantitative estimate of drug-likeness (QED) is 0.717. The van der Waals surface area contributed by atoms with E-state index < -0.39 is 0 Å². The summed E-state index contributed by atoms with van der Waals surface area (Å²) in [6, 6.07) is 9.79. The van der Waals surface area contributed by atoms with Crippen molar-refractivity contribution in [3.05, 3.63) is 48.9 Å². The molecule has 4 rings (SSSR count). The van der Waals surface area contributed by atoms with Crippen molar-refractivity contribution in [1.29, 1.82) is 0 Å². The number of aromatic nitrogens is 4. The number of hydrogen-bond donors (Lipinski definition) is 0. The van der Waals surface area contributed by atoms with Gasteiger partial charge >= 0.3 is 0 Å². The van der Waals surface area contributed by atoms with E-state index in [0.29, 0.717) is 0 Å². The summed E-state index contributed by atoms with van der Waals surface area (Å²) in [4.78, 5) is 22.3. The molecular weight excluding hydrogens is 276 g/mol. The van der Waals surface area contributed by atoms with Crippen LogP contribution in [0, 0.1) is 0 Å². The third-order valence-corrected chi connectivity index (χ3v) is 3.87. The molecule has 0 unspecified atom stereocenters. The molecule has 0 aliphatic carbocycles. The molecule has 0 N–H and O–H groups in total. The third kappa shape index (κ3) is 2.43. The highest BCUT2D eigenvalue weighted by atomic mass is 15.3. The van der Waals surface area contributed by atoms with Crippen LogP contribution in [-0.4, -0.2) is 46.1 Å². The maximum Gasteiger partial charge on any atom is 0.225 e. The minimum Gasteiger partial charge on any atom is -0.352 e. The minimum atomic E-state index is 0.798. The molecule has 1 saturated heterocycles. The summed E-state index contributed by atoms with van der Waals surface area (Å²) in [7, 11) is 0. The lowest BCUT2D eigenvalue weighted by Crippen LogP contribution is -2.47. The number of benzene rings is 1. The number of nitrogens with zero attached hydrogens (tertiary/aromatic N) is 6. The standard InChI is InChI=1S/C16H16N6/c1-2-5-14-13(4-1)19-12-15(20-14)21-8-10-22(11-9-21)16-17-6-3-7-18-16/h1-7,12H,8-11H2. The highest BCUT2D eigenvalue weighted by Crippen LogP contribution is 2.18. The Balaban J connectivity index is 1.50. The van der Waals surface area contributed by atoms with Crippen molar-refractivity contribution in [2.24, 2.45) is 0 Å².